The predicted octanol–water partition coefficient (Wildman–Crippen LogP) is 2.44. The van der Waals surface area contributed by atoms with E-state index in [0.717, 1.165) is 85.4 Å². The van der Waals surface area contributed by atoms with Gasteiger partial charge in [0.15, 0.2) is 6.54 Å². The molecule has 0 radical (unpaired) electrons. The van der Waals surface area contributed by atoms with Gasteiger partial charge < -0.3 is 34.5 Å². The van der Waals surface area contributed by atoms with Gasteiger partial charge in [0.05, 0.1) is 24.6 Å². The number of aliphatic hydroxyl groups is 1. The quantitative estimate of drug-likeness (QED) is 0.289. The minimum atomic E-state index is -1.10. The number of amides is 2. The first-order chi connectivity index (χ1) is 22.1. The van der Waals surface area contributed by atoms with Crippen LogP contribution in [0.1, 0.15) is 49.7 Å². The first-order valence-electron chi connectivity index (χ1n) is 17.0. The van der Waals surface area contributed by atoms with Crippen LogP contribution >= 0.6 is 0 Å². The normalized spacial score (nSPS) is 34.3. The fraction of sp³-hybridized carbons (Fsp3) is 0.528. The van der Waals surface area contributed by atoms with E-state index in [1.54, 1.807) is 6.92 Å². The Morgan fingerprint density at radius 3 is 2.39 bits per heavy atom. The van der Waals surface area contributed by atoms with Gasteiger partial charge in [-0.3, -0.25) is 9.59 Å². The van der Waals surface area contributed by atoms with Crippen LogP contribution in [-0.4, -0.2) is 112 Å². The topological polar surface area (TPSA) is 130 Å². The van der Waals surface area contributed by atoms with Gasteiger partial charge in [0.25, 0.3) is 5.91 Å². The molecule has 10 nitrogen and oxygen atoms in total. The molecule has 10 heteroatoms. The minimum absolute atomic E-state index is 0.0583. The second kappa shape index (κ2) is 10.7. The highest BCUT2D eigenvalue weighted by atomic mass is 16.5. The Labute approximate surface area is 269 Å². The molecule has 46 heavy (non-hydrogen) atoms. The fourth-order valence-corrected chi connectivity index (χ4v) is 10.1. The molecular formula is C36H44N4O6+2. The Kier molecular flexibility index (Phi) is 6.87. The molecule has 2 aromatic carbocycles. The number of primary amides is 1. The molecule has 0 aromatic heterocycles. The number of hydrogen-bond donors (Lipinski definition) is 3. The molecule has 6 atom stereocenters. The maximum atomic E-state index is 13.0. The number of aliphatic carboxylic acids is 1. The SMILES string of the molecule is CC(O)C1C(=O)N2C(C(=O)O)=C3C(Oc4cccc5c4-c4ccccc4C5CC[N+]45CC[N+](CC(N)=O)(CC4)CC5)CCC[C@@H]3C12. The molecule has 9 rings (SSSR count). The predicted molar refractivity (Wildman–Crippen MR) is 169 cm³/mol. The highest BCUT2D eigenvalue weighted by Gasteiger charge is 2.62. The summed E-state index contributed by atoms with van der Waals surface area (Å²) in [6.45, 7) is 9.43. The first kappa shape index (κ1) is 29.7. The van der Waals surface area contributed by atoms with Crippen LogP contribution in [0.2, 0.25) is 0 Å². The number of rotatable bonds is 9. The lowest BCUT2D eigenvalue weighted by Gasteiger charge is -2.55. The summed E-state index contributed by atoms with van der Waals surface area (Å²) in [7, 11) is 0. The lowest BCUT2D eigenvalue weighted by molar-refractivity contribution is -1.08. The van der Waals surface area contributed by atoms with Crippen LogP contribution in [0.25, 0.3) is 11.1 Å². The van der Waals surface area contributed by atoms with Crippen molar-refractivity contribution in [3.63, 3.8) is 0 Å². The van der Waals surface area contributed by atoms with E-state index in [1.807, 2.05) is 6.07 Å². The van der Waals surface area contributed by atoms with Gasteiger partial charge in [0.2, 0.25) is 5.91 Å². The highest BCUT2D eigenvalue weighted by molar-refractivity contribution is 6.00. The number of carbonyl (C=O) groups is 3. The Bertz CT molecular complexity index is 1640. The molecule has 5 aliphatic heterocycles. The Morgan fingerprint density at radius 1 is 1.00 bits per heavy atom. The second-order valence-electron chi connectivity index (χ2n) is 14.7. The number of benzene rings is 2. The number of carboxylic acid groups (broad SMARTS) is 1. The van der Waals surface area contributed by atoms with Gasteiger partial charge in [-0.1, -0.05) is 36.4 Å². The van der Waals surface area contributed by atoms with E-state index in [-0.39, 0.29) is 35.4 Å². The van der Waals surface area contributed by atoms with E-state index >= 15 is 0 Å². The summed E-state index contributed by atoms with van der Waals surface area (Å²) in [5.41, 5.74) is 11.2. The van der Waals surface area contributed by atoms with Crippen molar-refractivity contribution in [2.45, 2.75) is 56.8 Å². The number of fused-ring (bicyclic) bond motifs is 9. The van der Waals surface area contributed by atoms with E-state index < -0.39 is 24.1 Å². The number of ether oxygens (including phenoxy) is 1. The van der Waals surface area contributed by atoms with Crippen LogP contribution in [0.3, 0.4) is 0 Å². The highest BCUT2D eigenvalue weighted by Crippen LogP contribution is 2.55. The minimum Gasteiger partial charge on any atom is -0.485 e. The standard InChI is InChI=1S/C36H42N4O6/c1-21(41)30-33-26-9-5-11-28(32(26)34(36(44)45)38(33)35(30)43)46-27-10-4-8-25-23(22-6-2-3-7-24(22)31(25)27)12-13-39-14-17-40(18-15-39,19-16-39)20-29(37)42/h2-4,6-8,10,21,23,26,28,30,33,41H,5,9,11-20H2,1H3,(H-2,37,42,44,45)/p+2/t21?,23?,26-,28?,30?,33?,39?,40?/m0/s1. The van der Waals surface area contributed by atoms with Crippen LogP contribution in [-0.2, 0) is 14.4 Å². The molecule has 7 aliphatic rings. The summed E-state index contributed by atoms with van der Waals surface area (Å²) >= 11 is 0. The molecule has 5 unspecified atom stereocenters. The van der Waals surface area contributed by atoms with Crippen molar-refractivity contribution >= 4 is 17.8 Å². The molecule has 4 N–H and O–H groups in total. The zero-order valence-electron chi connectivity index (χ0n) is 26.4. The van der Waals surface area contributed by atoms with Crippen LogP contribution in [0.4, 0.5) is 0 Å². The van der Waals surface area contributed by atoms with Crippen LogP contribution in [0, 0.1) is 11.8 Å². The molecule has 2 amide bonds. The van der Waals surface area contributed by atoms with Crippen molar-refractivity contribution in [3.05, 3.63) is 64.9 Å². The number of hydrogen-bond acceptors (Lipinski definition) is 5. The Morgan fingerprint density at radius 2 is 1.70 bits per heavy atom. The largest absolute Gasteiger partial charge is 0.485 e. The number of quaternary nitrogens is 2. The van der Waals surface area contributed by atoms with Crippen molar-refractivity contribution in [2.24, 2.45) is 17.6 Å². The zero-order chi connectivity index (χ0) is 32.0. The van der Waals surface area contributed by atoms with E-state index in [1.165, 1.54) is 21.6 Å². The second-order valence-corrected chi connectivity index (χ2v) is 14.7. The van der Waals surface area contributed by atoms with Crippen molar-refractivity contribution in [1.82, 2.24) is 4.90 Å². The molecule has 1 saturated carbocycles. The average molecular weight is 629 g/mol. The third-order valence-corrected chi connectivity index (χ3v) is 12.4. The summed E-state index contributed by atoms with van der Waals surface area (Å²) in [6, 6.07) is 14.5. The van der Waals surface area contributed by atoms with E-state index in [4.69, 9.17) is 10.5 Å². The Balaban J connectivity index is 1.08. The number of β-lactam (4-membered cyclic amide) rings is 1. The molecule has 2 aliphatic carbocycles. The molecule has 0 spiro atoms. The summed E-state index contributed by atoms with van der Waals surface area (Å²) in [5.74, 6) is -1.31. The number of nitrogens with zero attached hydrogens (tertiary/aromatic N) is 3. The van der Waals surface area contributed by atoms with Crippen molar-refractivity contribution in [1.29, 1.82) is 0 Å². The average Bonchev–Trinajstić information content (AvgIpc) is 3.52. The first-order valence-corrected chi connectivity index (χ1v) is 17.0. The lowest BCUT2D eigenvalue weighted by atomic mass is 9.71. The van der Waals surface area contributed by atoms with Crippen LogP contribution in [0.15, 0.2) is 53.7 Å². The maximum Gasteiger partial charge on any atom is 0.352 e. The van der Waals surface area contributed by atoms with Crippen LogP contribution in [0.5, 0.6) is 5.75 Å². The summed E-state index contributed by atoms with van der Waals surface area (Å²) in [5, 5.41) is 20.7. The smallest absolute Gasteiger partial charge is 0.352 e. The Hall–Kier alpha value is -3.73. The molecule has 5 fully saturated rings. The van der Waals surface area contributed by atoms with Gasteiger partial charge in [0.1, 0.15) is 56.8 Å². The fourth-order valence-electron chi connectivity index (χ4n) is 10.1. The lowest BCUT2D eigenvalue weighted by Crippen LogP contribution is -2.76. The number of carboxylic acids is 1. The monoisotopic (exact) mass is 628 g/mol. The zero-order valence-corrected chi connectivity index (χ0v) is 26.4. The number of carbonyl (C=O) groups excluding carboxylic acids is 2. The number of aliphatic hydroxyl groups excluding tert-OH is 1. The summed E-state index contributed by atoms with van der Waals surface area (Å²) in [6.07, 6.45) is 2.07. The van der Waals surface area contributed by atoms with Gasteiger partial charge in [-0.15, -0.1) is 0 Å². The molecule has 2 bridgehead atoms. The van der Waals surface area contributed by atoms with Gasteiger partial charge in [0, 0.05) is 29.4 Å². The van der Waals surface area contributed by atoms with E-state index in [9.17, 15) is 24.6 Å². The maximum absolute atomic E-state index is 13.0. The molecule has 4 saturated heterocycles. The van der Waals surface area contributed by atoms with E-state index in [0.29, 0.717) is 18.5 Å². The number of piperazine rings is 3. The van der Waals surface area contributed by atoms with Crippen LogP contribution < -0.4 is 10.5 Å². The summed E-state index contributed by atoms with van der Waals surface area (Å²) in [4.78, 5) is 38.8. The van der Waals surface area contributed by atoms with Gasteiger partial charge in [-0.05, 0) is 48.9 Å². The molecular weight excluding hydrogens is 584 g/mol. The van der Waals surface area contributed by atoms with Gasteiger partial charge in [-0.25, -0.2) is 4.79 Å². The van der Waals surface area contributed by atoms with Crippen molar-refractivity contribution in [3.8, 4) is 16.9 Å². The van der Waals surface area contributed by atoms with Crippen molar-refractivity contribution in [2.75, 3.05) is 52.4 Å². The van der Waals surface area contributed by atoms with Gasteiger partial charge >= 0.3 is 5.97 Å². The van der Waals surface area contributed by atoms with Gasteiger partial charge in [-0.2, -0.15) is 0 Å². The number of nitrogens with two attached hydrogens (primary N) is 1. The van der Waals surface area contributed by atoms with E-state index in [2.05, 4.69) is 36.4 Å². The third-order valence-electron chi connectivity index (χ3n) is 12.4. The van der Waals surface area contributed by atoms with Crippen molar-refractivity contribution < 1.29 is 38.3 Å². The molecule has 5 heterocycles. The summed E-state index contributed by atoms with van der Waals surface area (Å²) < 4.78 is 8.82. The molecule has 242 valence electrons. The third kappa shape index (κ3) is 4.37. The molecule has 2 aromatic rings.